The molecular formula is C13H25N. The molecule has 1 aliphatic carbocycles. The molecule has 0 aromatic carbocycles. The Hall–Kier alpha value is -0.0400. The third-order valence-corrected chi connectivity index (χ3v) is 4.62. The summed E-state index contributed by atoms with van der Waals surface area (Å²) in [6.45, 7) is 15.6. The summed E-state index contributed by atoms with van der Waals surface area (Å²) in [6, 6.07) is 0.884. The van der Waals surface area contributed by atoms with Crippen molar-refractivity contribution in [3.8, 4) is 0 Å². The molecule has 0 N–H and O–H groups in total. The van der Waals surface area contributed by atoms with Crippen LogP contribution < -0.4 is 0 Å². The van der Waals surface area contributed by atoms with E-state index in [-0.39, 0.29) is 0 Å². The summed E-state index contributed by atoms with van der Waals surface area (Å²) in [7, 11) is 0. The molecule has 1 saturated carbocycles. The molecule has 14 heavy (non-hydrogen) atoms. The lowest BCUT2D eigenvalue weighted by atomic mass is 9.56. The highest BCUT2D eigenvalue weighted by molar-refractivity contribution is 5.14. The largest absolute Gasteiger partial charge is 0.295 e. The number of hydrogen-bond donors (Lipinski definition) is 0. The van der Waals surface area contributed by atoms with Crippen LogP contribution in [0.4, 0.5) is 0 Å². The lowest BCUT2D eigenvalue weighted by molar-refractivity contribution is 0.0391. The first-order valence-corrected chi connectivity index (χ1v) is 5.93. The Labute approximate surface area is 88.9 Å². The van der Waals surface area contributed by atoms with Gasteiger partial charge in [-0.05, 0) is 44.4 Å². The monoisotopic (exact) mass is 195 g/mol. The molecule has 0 radical (unpaired) electrons. The van der Waals surface area contributed by atoms with Gasteiger partial charge in [-0.25, -0.2) is 0 Å². The van der Waals surface area contributed by atoms with Crippen LogP contribution in [0, 0.1) is 10.8 Å². The molecule has 0 aromatic rings. The molecule has 82 valence electrons. The van der Waals surface area contributed by atoms with Crippen LogP contribution in [0.25, 0.3) is 0 Å². The summed E-state index contributed by atoms with van der Waals surface area (Å²) in [6.07, 6.45) is 2.88. The van der Waals surface area contributed by atoms with Crippen LogP contribution >= 0.6 is 0 Å². The predicted octanol–water partition coefficient (Wildman–Crippen LogP) is 3.30. The molecule has 2 bridgehead atoms. The molecule has 0 spiro atoms. The average molecular weight is 195 g/mol. The fourth-order valence-electron chi connectivity index (χ4n) is 3.28. The second-order valence-electron chi connectivity index (χ2n) is 7.39. The van der Waals surface area contributed by atoms with E-state index in [9.17, 15) is 0 Å². The smallest absolute Gasteiger partial charge is 0.0128 e. The van der Waals surface area contributed by atoms with Gasteiger partial charge in [0.2, 0.25) is 0 Å². The Kier molecular flexibility index (Phi) is 1.91. The molecule has 0 unspecified atom stereocenters. The standard InChI is InChI=1S/C13H25N/c1-11(2,3)13-7-10(8-13)14(9-13)12(4,5)6/h10H,7-9H2,1-6H3. The van der Waals surface area contributed by atoms with E-state index in [0.29, 0.717) is 16.4 Å². The van der Waals surface area contributed by atoms with Crippen molar-refractivity contribution in [2.75, 3.05) is 6.54 Å². The number of nitrogens with zero attached hydrogens (tertiary/aromatic N) is 1. The third-order valence-electron chi connectivity index (χ3n) is 4.62. The molecule has 3 rings (SSSR count). The maximum absolute atomic E-state index is 2.72. The summed E-state index contributed by atoms with van der Waals surface area (Å²) in [5, 5.41) is 0. The molecule has 1 heteroatoms. The Balaban J connectivity index is 2.15. The Morgan fingerprint density at radius 2 is 1.50 bits per heavy atom. The molecule has 0 aromatic heterocycles. The Bertz CT molecular complexity index is 235. The maximum Gasteiger partial charge on any atom is 0.0128 e. The normalized spacial score (nSPS) is 38.6. The number of rotatable bonds is 0. The van der Waals surface area contributed by atoms with E-state index < -0.39 is 0 Å². The zero-order valence-corrected chi connectivity index (χ0v) is 10.6. The maximum atomic E-state index is 2.72. The highest BCUT2D eigenvalue weighted by Gasteiger charge is 2.61. The van der Waals surface area contributed by atoms with Crippen molar-refractivity contribution in [1.82, 2.24) is 4.90 Å². The van der Waals surface area contributed by atoms with Gasteiger partial charge in [0.15, 0.2) is 0 Å². The second kappa shape index (κ2) is 2.55. The Morgan fingerprint density at radius 1 is 1.00 bits per heavy atom. The van der Waals surface area contributed by atoms with Crippen molar-refractivity contribution in [1.29, 1.82) is 0 Å². The quantitative estimate of drug-likeness (QED) is 0.573. The predicted molar refractivity (Wildman–Crippen MR) is 61.4 cm³/mol. The van der Waals surface area contributed by atoms with Crippen molar-refractivity contribution < 1.29 is 0 Å². The van der Waals surface area contributed by atoms with Crippen molar-refractivity contribution in [3.05, 3.63) is 0 Å². The van der Waals surface area contributed by atoms with Crippen molar-refractivity contribution in [2.24, 2.45) is 10.8 Å². The van der Waals surface area contributed by atoms with Gasteiger partial charge in [0.1, 0.15) is 0 Å². The SMILES string of the molecule is CC(C)(C)N1CC2(C(C)(C)C)CC1C2. The molecule has 3 fully saturated rings. The fraction of sp³-hybridized carbons (Fsp3) is 1.00. The van der Waals surface area contributed by atoms with Crippen LogP contribution in [0.2, 0.25) is 0 Å². The number of fused-ring (bicyclic) bond motifs is 1. The summed E-state index contributed by atoms with van der Waals surface area (Å²) in [5.41, 5.74) is 1.49. The van der Waals surface area contributed by atoms with E-state index >= 15 is 0 Å². The van der Waals surface area contributed by atoms with E-state index in [1.54, 1.807) is 0 Å². The topological polar surface area (TPSA) is 3.24 Å². The van der Waals surface area contributed by atoms with Crippen molar-refractivity contribution in [3.63, 3.8) is 0 Å². The summed E-state index contributed by atoms with van der Waals surface area (Å²) < 4.78 is 0. The van der Waals surface area contributed by atoms with Gasteiger partial charge in [-0.1, -0.05) is 20.8 Å². The highest BCUT2D eigenvalue weighted by atomic mass is 15.3. The van der Waals surface area contributed by atoms with Crippen LogP contribution in [-0.2, 0) is 0 Å². The minimum absolute atomic E-state index is 0.369. The van der Waals surface area contributed by atoms with Gasteiger partial charge in [0, 0.05) is 18.1 Å². The minimum atomic E-state index is 0.369. The van der Waals surface area contributed by atoms with Crippen LogP contribution in [-0.4, -0.2) is 23.0 Å². The fourth-order valence-corrected chi connectivity index (χ4v) is 3.28. The van der Waals surface area contributed by atoms with Crippen LogP contribution in [0.3, 0.4) is 0 Å². The molecule has 0 atom stereocenters. The Morgan fingerprint density at radius 3 is 1.71 bits per heavy atom. The lowest BCUT2D eigenvalue weighted by Gasteiger charge is -2.48. The van der Waals surface area contributed by atoms with Gasteiger partial charge in [-0.15, -0.1) is 0 Å². The zero-order valence-electron chi connectivity index (χ0n) is 10.6. The van der Waals surface area contributed by atoms with Gasteiger partial charge >= 0.3 is 0 Å². The second-order valence-corrected chi connectivity index (χ2v) is 7.39. The first kappa shape index (κ1) is 10.5. The van der Waals surface area contributed by atoms with Gasteiger partial charge in [0.25, 0.3) is 0 Å². The molecule has 2 aliphatic heterocycles. The van der Waals surface area contributed by atoms with Crippen LogP contribution in [0.5, 0.6) is 0 Å². The zero-order chi connectivity index (χ0) is 10.8. The summed E-state index contributed by atoms with van der Waals surface area (Å²) >= 11 is 0. The number of hydrogen-bond acceptors (Lipinski definition) is 1. The summed E-state index contributed by atoms with van der Waals surface area (Å²) in [5.74, 6) is 0. The van der Waals surface area contributed by atoms with Crippen molar-refractivity contribution in [2.45, 2.75) is 66.0 Å². The minimum Gasteiger partial charge on any atom is -0.295 e. The van der Waals surface area contributed by atoms with Gasteiger partial charge in [-0.2, -0.15) is 0 Å². The first-order chi connectivity index (χ1) is 6.16. The summed E-state index contributed by atoms with van der Waals surface area (Å²) in [4.78, 5) is 2.72. The average Bonchev–Trinajstić information content (AvgIpc) is 2.30. The van der Waals surface area contributed by atoms with Crippen LogP contribution in [0.15, 0.2) is 0 Å². The van der Waals surface area contributed by atoms with Gasteiger partial charge < -0.3 is 0 Å². The first-order valence-electron chi connectivity index (χ1n) is 5.93. The van der Waals surface area contributed by atoms with Crippen molar-refractivity contribution >= 4 is 0 Å². The third kappa shape index (κ3) is 1.25. The molecule has 2 heterocycles. The molecule has 0 amide bonds. The highest BCUT2D eigenvalue weighted by Crippen LogP contribution is 2.62. The van der Waals surface area contributed by atoms with E-state index in [1.807, 2.05) is 0 Å². The molecule has 3 aliphatic rings. The van der Waals surface area contributed by atoms with E-state index in [2.05, 4.69) is 46.4 Å². The van der Waals surface area contributed by atoms with E-state index in [0.717, 1.165) is 6.04 Å². The molecule has 1 nitrogen and oxygen atoms in total. The molecule has 2 saturated heterocycles. The van der Waals surface area contributed by atoms with Gasteiger partial charge in [0.05, 0.1) is 0 Å². The van der Waals surface area contributed by atoms with Gasteiger partial charge in [-0.3, -0.25) is 4.90 Å². The van der Waals surface area contributed by atoms with E-state index in [4.69, 9.17) is 0 Å². The lowest BCUT2D eigenvalue weighted by Crippen LogP contribution is -2.45. The van der Waals surface area contributed by atoms with Crippen LogP contribution in [0.1, 0.15) is 54.4 Å². The van der Waals surface area contributed by atoms with E-state index in [1.165, 1.54) is 19.4 Å². The molecular weight excluding hydrogens is 170 g/mol.